The zero-order chi connectivity index (χ0) is 22.9. The molecule has 0 radical (unpaired) electrons. The highest BCUT2D eigenvalue weighted by molar-refractivity contribution is 6.11. The van der Waals surface area contributed by atoms with Crippen molar-refractivity contribution in [2.75, 3.05) is 16.8 Å². The zero-order valence-electron chi connectivity index (χ0n) is 17.8. The standard InChI is InChI=1S/C26H22FN3O3/c27-19-11-13-20(14-12-19)28-24(31)18-9-7-17(8-10-18)16-30-22-5-2-1-4-21(22)25(32)29-15-3-6-23(29)26(30)33/h1-2,4-5,7-14,23H,3,6,15-16H2,(H,28,31). The molecule has 5 rings (SSSR count). The Kier molecular flexibility index (Phi) is 5.38. The van der Waals surface area contributed by atoms with E-state index in [-0.39, 0.29) is 23.5 Å². The molecule has 0 saturated carbocycles. The summed E-state index contributed by atoms with van der Waals surface area (Å²) >= 11 is 0. The second-order valence-corrected chi connectivity index (χ2v) is 8.26. The van der Waals surface area contributed by atoms with Crippen LogP contribution in [0.15, 0.2) is 72.8 Å². The lowest BCUT2D eigenvalue weighted by atomic mass is 10.1. The fraction of sp³-hybridized carbons (Fsp3) is 0.192. The Labute approximate surface area is 190 Å². The number of nitrogens with zero attached hydrogens (tertiary/aromatic N) is 2. The van der Waals surface area contributed by atoms with Crippen molar-refractivity contribution >= 4 is 29.1 Å². The lowest BCUT2D eigenvalue weighted by Gasteiger charge is -2.26. The van der Waals surface area contributed by atoms with Gasteiger partial charge in [-0.3, -0.25) is 14.4 Å². The predicted molar refractivity (Wildman–Crippen MR) is 122 cm³/mol. The summed E-state index contributed by atoms with van der Waals surface area (Å²) in [6, 6.07) is 19.3. The Morgan fingerprint density at radius 2 is 1.70 bits per heavy atom. The van der Waals surface area contributed by atoms with Crippen LogP contribution >= 0.6 is 0 Å². The van der Waals surface area contributed by atoms with E-state index in [1.807, 2.05) is 12.1 Å². The number of rotatable bonds is 4. The molecule has 2 aliphatic rings. The Hall–Kier alpha value is -4.00. The Balaban J connectivity index is 1.37. The zero-order valence-corrected chi connectivity index (χ0v) is 17.8. The number of carbonyl (C=O) groups excluding carboxylic acids is 3. The molecule has 1 N–H and O–H groups in total. The van der Waals surface area contributed by atoms with Gasteiger partial charge in [0.15, 0.2) is 0 Å². The van der Waals surface area contributed by atoms with E-state index in [0.29, 0.717) is 42.0 Å². The van der Waals surface area contributed by atoms with Gasteiger partial charge in [-0.1, -0.05) is 24.3 Å². The van der Waals surface area contributed by atoms with Crippen molar-refractivity contribution in [3.63, 3.8) is 0 Å². The molecule has 33 heavy (non-hydrogen) atoms. The third-order valence-electron chi connectivity index (χ3n) is 6.15. The Bertz CT molecular complexity index is 1220. The normalized spacial score (nSPS) is 17.4. The summed E-state index contributed by atoms with van der Waals surface area (Å²) in [5.41, 5.74) is 2.94. The highest BCUT2D eigenvalue weighted by Crippen LogP contribution is 2.33. The largest absolute Gasteiger partial charge is 0.327 e. The summed E-state index contributed by atoms with van der Waals surface area (Å²) in [5, 5.41) is 2.73. The van der Waals surface area contributed by atoms with Crippen molar-refractivity contribution in [1.29, 1.82) is 0 Å². The molecule has 1 saturated heterocycles. The molecule has 0 spiro atoms. The number of benzene rings is 3. The van der Waals surface area contributed by atoms with Gasteiger partial charge in [0.2, 0.25) is 5.91 Å². The summed E-state index contributed by atoms with van der Waals surface area (Å²) in [7, 11) is 0. The van der Waals surface area contributed by atoms with Gasteiger partial charge in [0.1, 0.15) is 11.9 Å². The van der Waals surface area contributed by atoms with Gasteiger partial charge in [0, 0.05) is 17.8 Å². The third-order valence-corrected chi connectivity index (χ3v) is 6.15. The number of halogens is 1. The summed E-state index contributed by atoms with van der Waals surface area (Å²) in [4.78, 5) is 42.3. The van der Waals surface area contributed by atoms with Crippen LogP contribution in [0.25, 0.3) is 0 Å². The maximum absolute atomic E-state index is 13.4. The first-order valence-electron chi connectivity index (χ1n) is 10.9. The van der Waals surface area contributed by atoms with Crippen molar-refractivity contribution in [2.45, 2.75) is 25.4 Å². The monoisotopic (exact) mass is 443 g/mol. The van der Waals surface area contributed by atoms with Crippen LogP contribution in [0.3, 0.4) is 0 Å². The number of amides is 3. The molecule has 0 aliphatic carbocycles. The second kappa shape index (κ2) is 8.50. The van der Waals surface area contributed by atoms with Crippen LogP contribution in [0.4, 0.5) is 15.8 Å². The fourth-order valence-electron chi connectivity index (χ4n) is 4.45. The Morgan fingerprint density at radius 1 is 0.970 bits per heavy atom. The number of nitrogens with one attached hydrogen (secondary N) is 1. The van der Waals surface area contributed by atoms with Crippen LogP contribution in [0.5, 0.6) is 0 Å². The number of hydrogen-bond donors (Lipinski definition) is 1. The number of anilines is 2. The molecule has 3 amide bonds. The number of para-hydroxylation sites is 1. The Morgan fingerprint density at radius 3 is 2.45 bits per heavy atom. The first-order chi connectivity index (χ1) is 16.0. The van der Waals surface area contributed by atoms with Crippen LogP contribution in [0.1, 0.15) is 39.1 Å². The highest BCUT2D eigenvalue weighted by Gasteiger charge is 2.41. The maximum Gasteiger partial charge on any atom is 0.256 e. The lowest BCUT2D eigenvalue weighted by molar-refractivity contribution is -0.122. The number of hydrogen-bond acceptors (Lipinski definition) is 3. The number of carbonyl (C=O) groups is 3. The minimum absolute atomic E-state index is 0.0797. The summed E-state index contributed by atoms with van der Waals surface area (Å²) in [5.74, 6) is -0.860. The van der Waals surface area contributed by atoms with Crippen molar-refractivity contribution in [2.24, 2.45) is 0 Å². The van der Waals surface area contributed by atoms with Crippen molar-refractivity contribution in [3.8, 4) is 0 Å². The molecule has 3 aromatic rings. The van der Waals surface area contributed by atoms with E-state index in [0.717, 1.165) is 12.0 Å². The maximum atomic E-state index is 13.4. The van der Waals surface area contributed by atoms with Gasteiger partial charge in [-0.15, -0.1) is 0 Å². The van der Waals surface area contributed by atoms with Crippen LogP contribution in [-0.2, 0) is 11.3 Å². The number of fused-ring (bicyclic) bond motifs is 2. The first kappa shape index (κ1) is 20.9. The molecule has 1 unspecified atom stereocenters. The molecular weight excluding hydrogens is 421 g/mol. The predicted octanol–water partition coefficient (Wildman–Crippen LogP) is 4.23. The van der Waals surface area contributed by atoms with Gasteiger partial charge < -0.3 is 15.1 Å². The SMILES string of the molecule is O=C(Nc1ccc(F)cc1)c1ccc(CN2C(=O)C3CCCN3C(=O)c3ccccc32)cc1. The molecular formula is C26H22FN3O3. The van der Waals surface area contributed by atoms with Gasteiger partial charge in [-0.05, 0) is 66.9 Å². The van der Waals surface area contributed by atoms with Crippen LogP contribution in [-0.4, -0.2) is 35.2 Å². The van der Waals surface area contributed by atoms with E-state index in [4.69, 9.17) is 0 Å². The smallest absolute Gasteiger partial charge is 0.256 e. The van der Waals surface area contributed by atoms with Crippen LogP contribution in [0, 0.1) is 5.82 Å². The topological polar surface area (TPSA) is 69.7 Å². The molecule has 2 heterocycles. The van der Waals surface area contributed by atoms with E-state index in [2.05, 4.69) is 5.32 Å². The minimum atomic E-state index is -0.439. The van der Waals surface area contributed by atoms with Gasteiger partial charge >= 0.3 is 0 Å². The fourth-order valence-corrected chi connectivity index (χ4v) is 4.45. The van der Waals surface area contributed by atoms with Gasteiger partial charge in [0.25, 0.3) is 11.8 Å². The van der Waals surface area contributed by atoms with Crippen molar-refractivity contribution < 1.29 is 18.8 Å². The lowest BCUT2D eigenvalue weighted by Crippen LogP contribution is -2.44. The van der Waals surface area contributed by atoms with Crippen LogP contribution < -0.4 is 10.2 Å². The summed E-state index contributed by atoms with van der Waals surface area (Å²) < 4.78 is 13.1. The van der Waals surface area contributed by atoms with Crippen LogP contribution in [0.2, 0.25) is 0 Å². The van der Waals surface area contributed by atoms with E-state index in [1.54, 1.807) is 46.2 Å². The van der Waals surface area contributed by atoms with Gasteiger partial charge in [-0.25, -0.2) is 4.39 Å². The average Bonchev–Trinajstić information content (AvgIpc) is 3.31. The molecule has 1 fully saturated rings. The average molecular weight is 443 g/mol. The van der Waals surface area contributed by atoms with Gasteiger partial charge in [0.05, 0.1) is 17.8 Å². The van der Waals surface area contributed by atoms with Crippen molar-refractivity contribution in [3.05, 3.63) is 95.3 Å². The first-order valence-corrected chi connectivity index (χ1v) is 10.9. The third kappa shape index (κ3) is 3.98. The van der Waals surface area contributed by atoms with Crippen molar-refractivity contribution in [1.82, 2.24) is 4.90 Å². The summed E-state index contributed by atoms with van der Waals surface area (Å²) in [6.45, 7) is 0.891. The van der Waals surface area contributed by atoms with E-state index in [1.165, 1.54) is 24.3 Å². The minimum Gasteiger partial charge on any atom is -0.327 e. The molecule has 0 bridgehead atoms. The molecule has 0 aromatic heterocycles. The molecule has 6 nitrogen and oxygen atoms in total. The second-order valence-electron chi connectivity index (χ2n) is 8.26. The van der Waals surface area contributed by atoms with E-state index in [9.17, 15) is 18.8 Å². The molecule has 3 aromatic carbocycles. The van der Waals surface area contributed by atoms with E-state index < -0.39 is 6.04 Å². The molecule has 166 valence electrons. The summed E-state index contributed by atoms with van der Waals surface area (Å²) in [6.07, 6.45) is 1.48. The molecule has 7 heteroatoms. The molecule has 2 aliphatic heterocycles. The van der Waals surface area contributed by atoms with Gasteiger partial charge in [-0.2, -0.15) is 0 Å². The quantitative estimate of drug-likeness (QED) is 0.656. The highest BCUT2D eigenvalue weighted by atomic mass is 19.1. The molecule has 1 atom stereocenters. The van der Waals surface area contributed by atoms with E-state index >= 15 is 0 Å².